The Morgan fingerprint density at radius 1 is 1.00 bits per heavy atom. The Morgan fingerprint density at radius 2 is 1.81 bits per heavy atom. The monoisotopic (exact) mass is 297 g/mol. The Morgan fingerprint density at radius 3 is 2.62 bits per heavy atom. The highest BCUT2D eigenvalue weighted by Crippen LogP contribution is 2.31. The number of hydrogen-bond acceptors (Lipinski definition) is 2. The summed E-state index contributed by atoms with van der Waals surface area (Å²) < 4.78 is 0. The number of nitrogens with two attached hydrogens (primary N) is 1. The van der Waals surface area contributed by atoms with Gasteiger partial charge >= 0.3 is 0 Å². The molecule has 0 amide bonds. The predicted molar refractivity (Wildman–Crippen MR) is 88.8 cm³/mol. The zero-order valence-electron chi connectivity index (χ0n) is 11.5. The third-order valence-electron chi connectivity index (χ3n) is 3.74. The second-order valence-electron chi connectivity index (χ2n) is 5.13. The Kier molecular flexibility index (Phi) is 3.72. The lowest BCUT2D eigenvalue weighted by molar-refractivity contribution is 0.470. The second-order valence-corrected chi connectivity index (χ2v) is 5.40. The van der Waals surface area contributed by atoms with Crippen LogP contribution >= 0.6 is 11.6 Å². The van der Waals surface area contributed by atoms with Gasteiger partial charge in [0.25, 0.3) is 0 Å². The number of phenolic OH excluding ortho intramolecular Hbond substituents is 1. The van der Waals surface area contributed by atoms with Crippen LogP contribution < -0.4 is 5.73 Å². The number of alkyl halides is 1. The van der Waals surface area contributed by atoms with Crippen molar-refractivity contribution in [1.29, 1.82) is 0 Å². The summed E-state index contributed by atoms with van der Waals surface area (Å²) in [7, 11) is 0. The molecule has 3 aromatic carbocycles. The van der Waals surface area contributed by atoms with Crippen LogP contribution in [-0.4, -0.2) is 5.11 Å². The van der Waals surface area contributed by atoms with Crippen molar-refractivity contribution >= 4 is 28.1 Å². The molecule has 0 atom stereocenters. The van der Waals surface area contributed by atoms with Crippen molar-refractivity contribution in [2.45, 2.75) is 12.3 Å². The molecule has 0 saturated heterocycles. The van der Waals surface area contributed by atoms with Crippen LogP contribution in [0, 0.1) is 0 Å². The molecule has 3 heteroatoms. The Bertz CT molecular complexity index is 798. The molecule has 106 valence electrons. The minimum absolute atomic E-state index is 0.296. The zero-order valence-corrected chi connectivity index (χ0v) is 12.3. The topological polar surface area (TPSA) is 46.2 Å². The first-order chi connectivity index (χ1) is 10.2. The maximum Gasteiger partial charge on any atom is 0.119 e. The molecule has 0 aliphatic heterocycles. The molecular weight excluding hydrogens is 282 g/mol. The van der Waals surface area contributed by atoms with Crippen LogP contribution in [0.1, 0.15) is 16.7 Å². The molecule has 0 heterocycles. The van der Waals surface area contributed by atoms with Crippen LogP contribution in [0.15, 0.2) is 54.6 Å². The fourth-order valence-corrected chi connectivity index (χ4v) is 2.76. The molecule has 3 aromatic rings. The maximum absolute atomic E-state index is 10.2. The highest BCUT2D eigenvalue weighted by Gasteiger charge is 2.10. The third kappa shape index (κ3) is 2.67. The van der Waals surface area contributed by atoms with Crippen LogP contribution in [-0.2, 0) is 12.3 Å². The zero-order chi connectivity index (χ0) is 14.8. The number of nitrogen functional groups attached to an aromatic ring is 1. The van der Waals surface area contributed by atoms with Crippen molar-refractivity contribution in [2.24, 2.45) is 0 Å². The highest BCUT2D eigenvalue weighted by atomic mass is 35.5. The number of benzene rings is 3. The standard InChI is InChI=1S/C18H16ClNO/c19-11-12-5-7-17(20)14(9-12)10-16-15-4-2-1-3-13(15)6-8-18(16)21/h1-9,21H,10-11,20H2. The van der Waals surface area contributed by atoms with Crippen molar-refractivity contribution in [3.63, 3.8) is 0 Å². The quantitative estimate of drug-likeness (QED) is 0.554. The second kappa shape index (κ2) is 5.66. The molecule has 0 aliphatic carbocycles. The van der Waals surface area contributed by atoms with Gasteiger partial charge in [-0.25, -0.2) is 0 Å². The summed E-state index contributed by atoms with van der Waals surface area (Å²) in [6.07, 6.45) is 0.587. The summed E-state index contributed by atoms with van der Waals surface area (Å²) in [4.78, 5) is 0. The molecule has 2 nitrogen and oxygen atoms in total. The van der Waals surface area contributed by atoms with E-state index in [1.54, 1.807) is 6.07 Å². The predicted octanol–water partition coefficient (Wildman–Crippen LogP) is 4.46. The summed E-state index contributed by atoms with van der Waals surface area (Å²) >= 11 is 5.89. The number of hydrogen-bond donors (Lipinski definition) is 2. The number of rotatable bonds is 3. The van der Waals surface area contributed by atoms with Gasteiger partial charge in [0.15, 0.2) is 0 Å². The average Bonchev–Trinajstić information content (AvgIpc) is 2.52. The first kappa shape index (κ1) is 13.8. The normalized spacial score (nSPS) is 10.9. The molecular formula is C18H16ClNO. The van der Waals surface area contributed by atoms with Crippen LogP contribution in [0.2, 0.25) is 0 Å². The molecule has 0 aromatic heterocycles. The van der Waals surface area contributed by atoms with Gasteiger partial charge in [-0.1, -0.05) is 42.5 Å². The fourth-order valence-electron chi connectivity index (χ4n) is 2.60. The molecule has 0 radical (unpaired) electrons. The van der Waals surface area contributed by atoms with Crippen LogP contribution in [0.3, 0.4) is 0 Å². The third-order valence-corrected chi connectivity index (χ3v) is 4.05. The maximum atomic E-state index is 10.2. The van der Waals surface area contributed by atoms with Crippen LogP contribution in [0.25, 0.3) is 10.8 Å². The van der Waals surface area contributed by atoms with Gasteiger partial charge in [-0.2, -0.15) is 0 Å². The van der Waals surface area contributed by atoms with Gasteiger partial charge in [-0.3, -0.25) is 0 Å². The lowest BCUT2D eigenvalue weighted by Gasteiger charge is -2.12. The first-order valence-electron chi connectivity index (χ1n) is 6.82. The van der Waals surface area contributed by atoms with Gasteiger partial charge in [0.1, 0.15) is 5.75 Å². The van der Waals surface area contributed by atoms with E-state index < -0.39 is 0 Å². The summed E-state index contributed by atoms with van der Waals surface area (Å²) in [5.74, 6) is 0.749. The van der Waals surface area contributed by atoms with E-state index in [1.807, 2.05) is 48.5 Å². The van der Waals surface area contributed by atoms with E-state index in [4.69, 9.17) is 17.3 Å². The molecule has 3 N–H and O–H groups in total. The number of fused-ring (bicyclic) bond motifs is 1. The van der Waals surface area contributed by atoms with Crippen molar-refractivity contribution < 1.29 is 5.11 Å². The van der Waals surface area contributed by atoms with Gasteiger partial charge in [0.2, 0.25) is 0 Å². The van der Waals surface area contributed by atoms with E-state index in [9.17, 15) is 5.11 Å². The van der Waals surface area contributed by atoms with Crippen molar-refractivity contribution in [3.05, 3.63) is 71.3 Å². The van der Waals surface area contributed by atoms with Crippen molar-refractivity contribution in [3.8, 4) is 5.75 Å². The fraction of sp³-hybridized carbons (Fsp3) is 0.111. The largest absolute Gasteiger partial charge is 0.508 e. The molecule has 0 bridgehead atoms. The molecule has 0 aliphatic rings. The SMILES string of the molecule is Nc1ccc(CCl)cc1Cc1c(O)ccc2ccccc12. The van der Waals surface area contributed by atoms with E-state index in [1.165, 1.54) is 0 Å². The van der Waals surface area contributed by atoms with E-state index >= 15 is 0 Å². The van der Waals surface area contributed by atoms with E-state index in [0.717, 1.165) is 33.2 Å². The minimum atomic E-state index is 0.296. The lowest BCUT2D eigenvalue weighted by atomic mass is 9.96. The summed E-state index contributed by atoms with van der Waals surface area (Å²) in [5, 5.41) is 12.4. The molecule has 21 heavy (non-hydrogen) atoms. The van der Waals surface area contributed by atoms with Crippen molar-refractivity contribution in [1.82, 2.24) is 0 Å². The summed E-state index contributed by atoms with van der Waals surface area (Å²) in [6.45, 7) is 0. The number of halogens is 1. The van der Waals surface area contributed by atoms with Crippen LogP contribution in [0.5, 0.6) is 5.75 Å². The Balaban J connectivity index is 2.12. The van der Waals surface area contributed by atoms with Gasteiger partial charge < -0.3 is 10.8 Å². The lowest BCUT2D eigenvalue weighted by Crippen LogP contribution is -1.98. The number of aromatic hydroxyl groups is 1. The first-order valence-corrected chi connectivity index (χ1v) is 7.35. The summed E-state index contributed by atoms with van der Waals surface area (Å²) in [5.41, 5.74) is 9.69. The van der Waals surface area contributed by atoms with Gasteiger partial charge in [-0.15, -0.1) is 11.6 Å². The number of anilines is 1. The van der Waals surface area contributed by atoms with Gasteiger partial charge in [0, 0.05) is 23.6 Å². The van der Waals surface area contributed by atoms with E-state index in [0.29, 0.717) is 18.1 Å². The average molecular weight is 298 g/mol. The number of phenols is 1. The Hall–Kier alpha value is -2.19. The van der Waals surface area contributed by atoms with Crippen molar-refractivity contribution in [2.75, 3.05) is 5.73 Å². The summed E-state index contributed by atoms with van der Waals surface area (Å²) in [6, 6.07) is 17.5. The van der Waals surface area contributed by atoms with E-state index in [2.05, 4.69) is 0 Å². The van der Waals surface area contributed by atoms with E-state index in [-0.39, 0.29) is 0 Å². The molecule has 0 saturated carbocycles. The van der Waals surface area contributed by atoms with Crippen LogP contribution in [0.4, 0.5) is 5.69 Å². The molecule has 3 rings (SSSR count). The smallest absolute Gasteiger partial charge is 0.119 e. The molecule has 0 spiro atoms. The van der Waals surface area contributed by atoms with Gasteiger partial charge in [-0.05, 0) is 34.0 Å². The molecule has 0 unspecified atom stereocenters. The highest BCUT2D eigenvalue weighted by molar-refractivity contribution is 6.17. The molecule has 0 fully saturated rings. The van der Waals surface area contributed by atoms with Gasteiger partial charge in [0.05, 0.1) is 0 Å². The minimum Gasteiger partial charge on any atom is -0.508 e. The Labute approximate surface area is 128 Å².